The van der Waals surface area contributed by atoms with Crippen molar-refractivity contribution in [2.45, 2.75) is 38.1 Å². The molecule has 8 N–H and O–H groups in total. The topological polar surface area (TPSA) is 211 Å². The highest BCUT2D eigenvalue weighted by Gasteiger charge is 2.22. The summed E-state index contributed by atoms with van der Waals surface area (Å²) >= 11 is 1.15. The minimum atomic E-state index is -1.37. The summed E-state index contributed by atoms with van der Waals surface area (Å²) in [5.74, 6) is -2.78. The molecule has 1 atom stereocenters. The minimum Gasteiger partial charge on any atom is -0.493 e. The molecule has 0 saturated heterocycles. The van der Waals surface area contributed by atoms with Crippen LogP contribution in [0, 0.1) is 0 Å². The lowest BCUT2D eigenvalue weighted by Crippen LogP contribution is -2.42. The van der Waals surface area contributed by atoms with E-state index in [4.69, 9.17) is 26.4 Å². The van der Waals surface area contributed by atoms with Gasteiger partial charge < -0.3 is 36.8 Å². The molecule has 2 heterocycles. The molecule has 0 aliphatic heterocycles. The number of carbonyl (C=O) groups excluding carboxylic acids is 1. The number of nitrogens with one attached hydrogen (secondary N) is 1. The van der Waals surface area contributed by atoms with Crippen LogP contribution in [0.15, 0.2) is 11.4 Å². The number of carboxylic acids is 2. The summed E-state index contributed by atoms with van der Waals surface area (Å²) in [4.78, 5) is 41.0. The Balaban J connectivity index is 1.85. The van der Waals surface area contributed by atoms with E-state index in [-0.39, 0.29) is 29.1 Å². The highest BCUT2D eigenvalue weighted by Crippen LogP contribution is 2.26. The summed E-state index contributed by atoms with van der Waals surface area (Å²) in [5.41, 5.74) is 12.4. The lowest BCUT2D eigenvalue weighted by molar-refractivity contribution is -0.140. The summed E-state index contributed by atoms with van der Waals surface area (Å²) in [6.07, 6.45) is -0.0586. The van der Waals surface area contributed by atoms with Gasteiger partial charge in [-0.25, -0.2) is 9.59 Å². The molecule has 0 unspecified atom stereocenters. The molecule has 30 heavy (non-hydrogen) atoms. The molecule has 0 fully saturated rings. The van der Waals surface area contributed by atoms with E-state index in [2.05, 4.69) is 15.3 Å². The number of ether oxygens (including phenoxy) is 1. The van der Waals surface area contributed by atoms with Crippen molar-refractivity contribution in [2.75, 3.05) is 11.5 Å². The van der Waals surface area contributed by atoms with E-state index < -0.39 is 30.5 Å². The highest BCUT2D eigenvalue weighted by molar-refractivity contribution is 7.12. The lowest BCUT2D eigenvalue weighted by atomic mass is 10.1. The van der Waals surface area contributed by atoms with Gasteiger partial charge in [-0.1, -0.05) is 0 Å². The first-order valence-electron chi connectivity index (χ1n) is 8.77. The Morgan fingerprint density at radius 3 is 2.57 bits per heavy atom. The molecular weight excluding hydrogens is 418 g/mol. The van der Waals surface area contributed by atoms with Crippen LogP contribution in [-0.2, 0) is 22.4 Å². The predicted octanol–water partition coefficient (Wildman–Crippen LogP) is 0.990. The van der Waals surface area contributed by atoms with Crippen LogP contribution in [0.25, 0.3) is 0 Å². The molecule has 12 nitrogen and oxygen atoms in total. The Hall–Kier alpha value is -3.61. The number of aliphatic carboxylic acids is 2. The van der Waals surface area contributed by atoms with Gasteiger partial charge >= 0.3 is 18.0 Å². The second-order valence-electron chi connectivity index (χ2n) is 6.25. The van der Waals surface area contributed by atoms with E-state index in [9.17, 15) is 19.5 Å². The first kappa shape index (κ1) is 22.7. The van der Waals surface area contributed by atoms with Crippen LogP contribution in [0.3, 0.4) is 0 Å². The second-order valence-corrected chi connectivity index (χ2v) is 7.13. The molecule has 2 rings (SSSR count). The van der Waals surface area contributed by atoms with E-state index in [0.29, 0.717) is 24.8 Å². The monoisotopic (exact) mass is 439 g/mol. The number of aromatic hydroxyl groups is 1. The summed E-state index contributed by atoms with van der Waals surface area (Å²) < 4.78 is 5.06. The van der Waals surface area contributed by atoms with Gasteiger partial charge in [0, 0.05) is 6.42 Å². The number of hydrogen-bond acceptors (Lipinski definition) is 10. The van der Waals surface area contributed by atoms with Gasteiger partial charge in [0.15, 0.2) is 5.06 Å². The number of nitrogens with zero attached hydrogens (tertiary/aromatic N) is 2. The van der Waals surface area contributed by atoms with Crippen molar-refractivity contribution in [2.24, 2.45) is 0 Å². The quantitative estimate of drug-likeness (QED) is 0.307. The van der Waals surface area contributed by atoms with Crippen LogP contribution in [0.5, 0.6) is 10.9 Å². The number of nitrogen functional groups attached to an aromatic ring is 2. The van der Waals surface area contributed by atoms with Crippen LogP contribution in [0.2, 0.25) is 0 Å². The summed E-state index contributed by atoms with van der Waals surface area (Å²) in [6, 6.07) is 0.258. The maximum Gasteiger partial charge on any atom is 0.414 e. The molecule has 0 bridgehead atoms. The molecule has 0 saturated carbocycles. The van der Waals surface area contributed by atoms with Gasteiger partial charge in [-0.2, -0.15) is 9.97 Å². The number of aryl methyl sites for hydroxylation is 1. The molecular formula is C17H21N5O7S. The summed E-state index contributed by atoms with van der Waals surface area (Å²) in [5, 5.41) is 31.6. The molecule has 0 radical (unpaired) electrons. The average Bonchev–Trinajstić information content (AvgIpc) is 3.07. The van der Waals surface area contributed by atoms with Gasteiger partial charge in [-0.3, -0.25) is 4.79 Å². The van der Waals surface area contributed by atoms with E-state index in [1.54, 1.807) is 11.4 Å². The molecule has 13 heteroatoms. The van der Waals surface area contributed by atoms with E-state index in [1.807, 2.05) is 0 Å². The molecule has 162 valence electrons. The minimum absolute atomic E-state index is 0.111. The number of thiophene rings is 1. The second kappa shape index (κ2) is 10.2. The first-order valence-corrected chi connectivity index (χ1v) is 9.64. The predicted molar refractivity (Wildman–Crippen MR) is 106 cm³/mol. The van der Waals surface area contributed by atoms with Crippen LogP contribution in [-0.4, -0.2) is 49.4 Å². The highest BCUT2D eigenvalue weighted by atomic mass is 32.1. The van der Waals surface area contributed by atoms with E-state index in [0.717, 1.165) is 16.9 Å². The van der Waals surface area contributed by atoms with Gasteiger partial charge in [-0.05, 0) is 42.7 Å². The number of hydrogen-bond donors (Lipinski definition) is 6. The zero-order chi connectivity index (χ0) is 22.3. The normalized spacial score (nSPS) is 11.6. The number of aromatic nitrogens is 2. The van der Waals surface area contributed by atoms with Gasteiger partial charge in [-0.15, -0.1) is 11.3 Å². The van der Waals surface area contributed by atoms with Crippen molar-refractivity contribution >= 4 is 41.1 Å². The molecule has 2 aromatic heterocycles. The number of anilines is 2. The van der Waals surface area contributed by atoms with Gasteiger partial charge in [0.1, 0.15) is 11.9 Å². The number of carbonyl (C=O) groups is 3. The van der Waals surface area contributed by atoms with E-state index >= 15 is 0 Å². The van der Waals surface area contributed by atoms with E-state index in [1.165, 1.54) is 0 Å². The maximum atomic E-state index is 11.9. The molecule has 2 aromatic rings. The SMILES string of the molecule is Nc1nc(N)c(CCCc2csc(OC(=O)N[C@@H](CCC(=O)O)C(=O)O)c2)c(O)n1. The number of amides is 1. The Kier molecular flexibility index (Phi) is 7.75. The van der Waals surface area contributed by atoms with Gasteiger partial charge in [0.25, 0.3) is 0 Å². The molecule has 0 aliphatic rings. The van der Waals surface area contributed by atoms with Crippen molar-refractivity contribution in [3.8, 4) is 10.9 Å². The Morgan fingerprint density at radius 1 is 1.20 bits per heavy atom. The zero-order valence-electron chi connectivity index (χ0n) is 15.7. The largest absolute Gasteiger partial charge is 0.493 e. The Bertz CT molecular complexity index is 910. The number of carboxylic acid groups (broad SMARTS) is 2. The Labute approximate surface area is 174 Å². The molecule has 0 aliphatic carbocycles. The molecule has 0 spiro atoms. The fraction of sp³-hybridized carbons (Fsp3) is 0.353. The fourth-order valence-corrected chi connectivity index (χ4v) is 3.34. The Morgan fingerprint density at radius 2 is 1.93 bits per heavy atom. The molecule has 1 amide bonds. The average molecular weight is 439 g/mol. The van der Waals surface area contributed by atoms with Gasteiger partial charge in [0.2, 0.25) is 11.8 Å². The number of rotatable bonds is 10. The summed E-state index contributed by atoms with van der Waals surface area (Å²) in [7, 11) is 0. The van der Waals surface area contributed by atoms with Crippen molar-refractivity contribution in [1.82, 2.24) is 15.3 Å². The zero-order valence-corrected chi connectivity index (χ0v) is 16.5. The number of nitrogens with two attached hydrogens (primary N) is 2. The molecule has 0 aromatic carbocycles. The van der Waals surface area contributed by atoms with Crippen molar-refractivity contribution < 1.29 is 34.4 Å². The maximum absolute atomic E-state index is 11.9. The lowest BCUT2D eigenvalue weighted by Gasteiger charge is -2.12. The van der Waals surface area contributed by atoms with Gasteiger partial charge in [0.05, 0.1) is 5.56 Å². The van der Waals surface area contributed by atoms with Crippen LogP contribution in [0.4, 0.5) is 16.6 Å². The van der Waals surface area contributed by atoms with Crippen LogP contribution in [0.1, 0.15) is 30.4 Å². The van der Waals surface area contributed by atoms with Crippen LogP contribution >= 0.6 is 11.3 Å². The third-order valence-corrected chi connectivity index (χ3v) is 4.84. The third-order valence-electron chi connectivity index (χ3n) is 3.99. The van der Waals surface area contributed by atoms with Crippen LogP contribution < -0.4 is 21.5 Å². The smallest absolute Gasteiger partial charge is 0.414 e. The third kappa shape index (κ3) is 6.77. The van der Waals surface area contributed by atoms with Crippen molar-refractivity contribution in [3.05, 3.63) is 22.6 Å². The standard InChI is InChI=1S/C17H21N5O7S/c18-13-9(14(25)22-16(19)21-13)3-1-2-8-6-12(30-7-8)29-17(28)20-10(15(26)27)4-5-11(23)24/h6-7,10H,1-5H2,(H,20,28)(H,23,24)(H,26,27)(H5,18,19,21,22,25)/t10-/m0/s1. The fourth-order valence-electron chi connectivity index (χ4n) is 2.54. The summed E-state index contributed by atoms with van der Waals surface area (Å²) in [6.45, 7) is 0. The van der Waals surface area contributed by atoms with Crippen molar-refractivity contribution in [3.63, 3.8) is 0 Å². The first-order chi connectivity index (χ1) is 14.2. The van der Waals surface area contributed by atoms with Crippen molar-refractivity contribution in [1.29, 1.82) is 0 Å².